The van der Waals surface area contributed by atoms with E-state index in [1.807, 2.05) is 18.2 Å². The summed E-state index contributed by atoms with van der Waals surface area (Å²) in [6.45, 7) is 0. The third-order valence-corrected chi connectivity index (χ3v) is 4.85. The number of aromatic nitrogens is 2. The van der Waals surface area contributed by atoms with Crippen molar-refractivity contribution < 1.29 is 0 Å². The van der Waals surface area contributed by atoms with E-state index in [1.54, 1.807) is 23.7 Å². The Kier molecular flexibility index (Phi) is 4.07. The molecule has 20 heavy (non-hydrogen) atoms. The molecule has 3 N–H and O–H groups in total. The van der Waals surface area contributed by atoms with Crippen molar-refractivity contribution in [3.63, 3.8) is 0 Å². The Bertz CT molecular complexity index is 723. The number of hydrogen-bond donors (Lipinski definition) is 2. The van der Waals surface area contributed by atoms with Gasteiger partial charge in [0.25, 0.3) is 0 Å². The predicted molar refractivity (Wildman–Crippen MR) is 85.3 cm³/mol. The molecular formula is C14H13BrN4S. The van der Waals surface area contributed by atoms with Gasteiger partial charge in [-0.1, -0.05) is 12.1 Å². The van der Waals surface area contributed by atoms with Crippen molar-refractivity contribution in [1.29, 1.82) is 0 Å². The number of thiophene rings is 1. The van der Waals surface area contributed by atoms with Crippen LogP contribution < -0.4 is 11.3 Å². The molecule has 0 fully saturated rings. The van der Waals surface area contributed by atoms with Gasteiger partial charge >= 0.3 is 0 Å². The molecule has 0 radical (unpaired) electrons. The average molecular weight is 349 g/mol. The molecule has 1 aromatic carbocycles. The van der Waals surface area contributed by atoms with Crippen LogP contribution in [0.25, 0.3) is 11.0 Å². The Morgan fingerprint density at radius 1 is 1.30 bits per heavy atom. The smallest absolute Gasteiger partial charge is 0.0935 e. The van der Waals surface area contributed by atoms with E-state index in [4.69, 9.17) is 5.84 Å². The van der Waals surface area contributed by atoms with Gasteiger partial charge in [-0.3, -0.25) is 21.2 Å². The number of nitrogens with two attached hydrogens (primary N) is 1. The second-order valence-electron chi connectivity index (χ2n) is 4.43. The van der Waals surface area contributed by atoms with Crippen molar-refractivity contribution in [3.8, 4) is 0 Å². The molecule has 0 spiro atoms. The maximum Gasteiger partial charge on any atom is 0.0935 e. The first-order valence-electron chi connectivity index (χ1n) is 6.16. The molecule has 0 aliphatic heterocycles. The number of rotatable bonds is 4. The molecule has 1 atom stereocenters. The summed E-state index contributed by atoms with van der Waals surface area (Å²) in [5, 5.41) is 2.08. The summed E-state index contributed by atoms with van der Waals surface area (Å²) in [6.07, 6.45) is 4.23. The Morgan fingerprint density at radius 2 is 2.15 bits per heavy atom. The van der Waals surface area contributed by atoms with Gasteiger partial charge in [0, 0.05) is 33.5 Å². The number of halogens is 1. The molecule has 0 aliphatic rings. The van der Waals surface area contributed by atoms with E-state index in [2.05, 4.69) is 42.8 Å². The fraction of sp³-hybridized carbons (Fsp3) is 0.143. The molecule has 2 heterocycles. The number of para-hydroxylation sites is 1. The highest BCUT2D eigenvalue weighted by molar-refractivity contribution is 9.10. The van der Waals surface area contributed by atoms with Crippen LogP contribution in [-0.2, 0) is 6.42 Å². The van der Waals surface area contributed by atoms with Crippen LogP contribution in [0.3, 0.4) is 0 Å². The normalized spacial score (nSPS) is 12.7. The highest BCUT2D eigenvalue weighted by Crippen LogP contribution is 2.27. The van der Waals surface area contributed by atoms with Crippen LogP contribution in [0.5, 0.6) is 0 Å². The van der Waals surface area contributed by atoms with Gasteiger partial charge in [-0.15, -0.1) is 11.3 Å². The minimum atomic E-state index is 0.0148. The lowest BCUT2D eigenvalue weighted by Crippen LogP contribution is -2.29. The van der Waals surface area contributed by atoms with Gasteiger partial charge in [-0.25, -0.2) is 0 Å². The fourth-order valence-corrected chi connectivity index (χ4v) is 3.72. The van der Waals surface area contributed by atoms with Crippen molar-refractivity contribution in [2.24, 2.45) is 5.84 Å². The van der Waals surface area contributed by atoms with E-state index in [0.717, 1.165) is 27.5 Å². The van der Waals surface area contributed by atoms with Crippen LogP contribution in [0.1, 0.15) is 16.5 Å². The summed E-state index contributed by atoms with van der Waals surface area (Å²) >= 11 is 5.19. The molecular weight excluding hydrogens is 336 g/mol. The zero-order valence-electron chi connectivity index (χ0n) is 10.6. The SMILES string of the molecule is NNC(Cc1cc(Br)cs1)c1cccc2nccnc12. The summed E-state index contributed by atoms with van der Waals surface area (Å²) in [6, 6.07) is 8.12. The van der Waals surface area contributed by atoms with Crippen LogP contribution >= 0.6 is 27.3 Å². The molecule has 0 saturated carbocycles. The lowest BCUT2D eigenvalue weighted by Gasteiger charge is -2.16. The summed E-state index contributed by atoms with van der Waals surface area (Å²) in [5.41, 5.74) is 5.75. The highest BCUT2D eigenvalue weighted by Gasteiger charge is 2.15. The van der Waals surface area contributed by atoms with Gasteiger partial charge in [-0.05, 0) is 33.6 Å². The number of nitrogens with one attached hydrogen (secondary N) is 1. The Labute approximate surface area is 129 Å². The number of hydrazine groups is 1. The molecule has 0 aliphatic carbocycles. The summed E-state index contributed by atoms with van der Waals surface area (Å²) < 4.78 is 1.10. The van der Waals surface area contributed by atoms with Crippen molar-refractivity contribution in [1.82, 2.24) is 15.4 Å². The van der Waals surface area contributed by atoms with Crippen LogP contribution in [0.4, 0.5) is 0 Å². The molecule has 102 valence electrons. The van der Waals surface area contributed by atoms with E-state index in [9.17, 15) is 0 Å². The molecule has 3 aromatic rings. The van der Waals surface area contributed by atoms with E-state index in [1.165, 1.54) is 4.88 Å². The number of fused-ring (bicyclic) bond motifs is 1. The average Bonchev–Trinajstić information content (AvgIpc) is 2.89. The predicted octanol–water partition coefficient (Wildman–Crippen LogP) is 3.20. The zero-order valence-corrected chi connectivity index (χ0v) is 13.0. The molecule has 3 rings (SSSR count). The first-order valence-corrected chi connectivity index (χ1v) is 7.84. The third-order valence-electron chi connectivity index (χ3n) is 3.13. The van der Waals surface area contributed by atoms with Gasteiger partial charge in [0.15, 0.2) is 0 Å². The van der Waals surface area contributed by atoms with E-state index in [0.29, 0.717) is 0 Å². The lowest BCUT2D eigenvalue weighted by atomic mass is 10.0. The van der Waals surface area contributed by atoms with Crippen LogP contribution in [-0.4, -0.2) is 9.97 Å². The topological polar surface area (TPSA) is 63.8 Å². The molecule has 1 unspecified atom stereocenters. The highest BCUT2D eigenvalue weighted by atomic mass is 79.9. The van der Waals surface area contributed by atoms with Crippen LogP contribution in [0.15, 0.2) is 46.5 Å². The van der Waals surface area contributed by atoms with Crippen molar-refractivity contribution in [3.05, 3.63) is 57.0 Å². The second kappa shape index (κ2) is 5.97. The number of nitrogens with zero attached hydrogens (tertiary/aromatic N) is 2. The molecule has 6 heteroatoms. The Morgan fingerprint density at radius 3 is 2.90 bits per heavy atom. The monoisotopic (exact) mass is 348 g/mol. The summed E-state index contributed by atoms with van der Waals surface area (Å²) in [4.78, 5) is 10.0. The summed E-state index contributed by atoms with van der Waals surface area (Å²) in [5.74, 6) is 5.75. The maximum absolute atomic E-state index is 5.75. The van der Waals surface area contributed by atoms with Crippen LogP contribution in [0, 0.1) is 0 Å². The quantitative estimate of drug-likeness (QED) is 0.561. The molecule has 0 saturated heterocycles. The third kappa shape index (κ3) is 2.73. The number of hydrogen-bond acceptors (Lipinski definition) is 5. The molecule has 2 aromatic heterocycles. The van der Waals surface area contributed by atoms with Crippen LogP contribution in [0.2, 0.25) is 0 Å². The van der Waals surface area contributed by atoms with Crippen molar-refractivity contribution in [2.45, 2.75) is 12.5 Å². The fourth-order valence-electron chi connectivity index (χ4n) is 2.22. The largest absolute Gasteiger partial charge is 0.271 e. The molecule has 0 amide bonds. The van der Waals surface area contributed by atoms with Gasteiger partial charge < -0.3 is 0 Å². The lowest BCUT2D eigenvalue weighted by molar-refractivity contribution is 0.558. The van der Waals surface area contributed by atoms with E-state index in [-0.39, 0.29) is 6.04 Å². The standard InChI is InChI=1S/C14H13BrN4S/c15-9-6-10(20-8-9)7-13(19-16)11-2-1-3-12-14(11)18-5-4-17-12/h1-6,8,13,19H,7,16H2. The summed E-state index contributed by atoms with van der Waals surface area (Å²) in [7, 11) is 0. The number of benzene rings is 1. The zero-order chi connectivity index (χ0) is 13.9. The van der Waals surface area contributed by atoms with Gasteiger partial charge in [0.05, 0.1) is 17.1 Å². The molecule has 4 nitrogen and oxygen atoms in total. The minimum absolute atomic E-state index is 0.0148. The Hall–Kier alpha value is -1.34. The first-order chi connectivity index (χ1) is 9.78. The maximum atomic E-state index is 5.75. The van der Waals surface area contributed by atoms with Crippen molar-refractivity contribution in [2.75, 3.05) is 0 Å². The first kappa shape index (κ1) is 13.6. The second-order valence-corrected chi connectivity index (χ2v) is 6.34. The van der Waals surface area contributed by atoms with E-state index < -0.39 is 0 Å². The van der Waals surface area contributed by atoms with Crippen molar-refractivity contribution >= 4 is 38.3 Å². The Balaban J connectivity index is 1.98. The van der Waals surface area contributed by atoms with Gasteiger partial charge in [0.2, 0.25) is 0 Å². The molecule has 0 bridgehead atoms. The van der Waals surface area contributed by atoms with Gasteiger partial charge in [-0.2, -0.15) is 0 Å². The van der Waals surface area contributed by atoms with E-state index >= 15 is 0 Å². The van der Waals surface area contributed by atoms with Gasteiger partial charge in [0.1, 0.15) is 0 Å². The minimum Gasteiger partial charge on any atom is -0.271 e.